The van der Waals surface area contributed by atoms with E-state index in [0.29, 0.717) is 12.1 Å². The van der Waals surface area contributed by atoms with E-state index < -0.39 is 0 Å². The molecule has 3 aromatic carbocycles. The van der Waals surface area contributed by atoms with Crippen molar-refractivity contribution in [3.05, 3.63) is 76.9 Å². The summed E-state index contributed by atoms with van der Waals surface area (Å²) in [6, 6.07) is 17.4. The molecular formula is C23H24N2O3. The van der Waals surface area contributed by atoms with Crippen LogP contribution in [0.3, 0.4) is 0 Å². The molecule has 0 fully saturated rings. The molecule has 0 aliphatic heterocycles. The van der Waals surface area contributed by atoms with Gasteiger partial charge in [0, 0.05) is 17.7 Å². The molecule has 3 aromatic rings. The van der Waals surface area contributed by atoms with Gasteiger partial charge in [0.2, 0.25) is 5.91 Å². The summed E-state index contributed by atoms with van der Waals surface area (Å²) < 4.78 is 5.44. The number of carbonyl (C=O) groups is 2. The fourth-order valence-corrected chi connectivity index (χ4v) is 3.31. The van der Waals surface area contributed by atoms with Crippen molar-refractivity contribution in [3.63, 3.8) is 0 Å². The molecule has 2 N–H and O–H groups in total. The fraction of sp³-hybridized carbons (Fsp3) is 0.217. The summed E-state index contributed by atoms with van der Waals surface area (Å²) in [5.41, 5.74) is 3.49. The lowest BCUT2D eigenvalue weighted by Gasteiger charge is -2.13. The Labute approximate surface area is 164 Å². The van der Waals surface area contributed by atoms with Gasteiger partial charge in [0.15, 0.2) is 0 Å². The molecule has 0 aromatic heterocycles. The number of hydrogen-bond donors (Lipinski definition) is 2. The van der Waals surface area contributed by atoms with Crippen LogP contribution in [0.2, 0.25) is 0 Å². The Morgan fingerprint density at radius 1 is 0.929 bits per heavy atom. The minimum atomic E-state index is -0.260. The van der Waals surface area contributed by atoms with Crippen LogP contribution < -0.4 is 15.4 Å². The molecular weight excluding hydrogens is 352 g/mol. The number of carbonyl (C=O) groups excluding carboxylic acids is 2. The van der Waals surface area contributed by atoms with E-state index >= 15 is 0 Å². The van der Waals surface area contributed by atoms with Gasteiger partial charge >= 0.3 is 0 Å². The number of rotatable bonds is 6. The predicted molar refractivity (Wildman–Crippen MR) is 111 cm³/mol. The van der Waals surface area contributed by atoms with E-state index in [4.69, 9.17) is 4.74 Å². The van der Waals surface area contributed by atoms with Crippen LogP contribution in [0.25, 0.3) is 10.8 Å². The third kappa shape index (κ3) is 4.49. The summed E-state index contributed by atoms with van der Waals surface area (Å²) >= 11 is 0. The van der Waals surface area contributed by atoms with Crippen LogP contribution in [0, 0.1) is 13.8 Å². The molecule has 0 saturated heterocycles. The molecule has 0 atom stereocenters. The Morgan fingerprint density at radius 3 is 2.36 bits per heavy atom. The van der Waals surface area contributed by atoms with E-state index in [0.717, 1.165) is 33.2 Å². The van der Waals surface area contributed by atoms with Crippen LogP contribution in [0.4, 0.5) is 0 Å². The van der Waals surface area contributed by atoms with Crippen LogP contribution in [-0.4, -0.2) is 25.5 Å². The molecule has 0 spiro atoms. The predicted octanol–water partition coefficient (Wildman–Crippen LogP) is 3.51. The number of benzene rings is 3. The first-order chi connectivity index (χ1) is 13.5. The maximum Gasteiger partial charge on any atom is 0.251 e. The van der Waals surface area contributed by atoms with Crippen molar-refractivity contribution in [2.45, 2.75) is 20.4 Å². The number of hydrogen-bond acceptors (Lipinski definition) is 3. The van der Waals surface area contributed by atoms with Gasteiger partial charge in [-0.1, -0.05) is 47.5 Å². The average molecular weight is 376 g/mol. The first kappa shape index (κ1) is 19.4. The summed E-state index contributed by atoms with van der Waals surface area (Å²) in [5.74, 6) is 0.204. The van der Waals surface area contributed by atoms with E-state index in [2.05, 4.69) is 10.6 Å². The zero-order valence-electron chi connectivity index (χ0n) is 16.3. The van der Waals surface area contributed by atoms with E-state index in [-0.39, 0.29) is 18.4 Å². The van der Waals surface area contributed by atoms with Crippen molar-refractivity contribution in [3.8, 4) is 5.75 Å². The van der Waals surface area contributed by atoms with Crippen LogP contribution in [0.1, 0.15) is 27.0 Å². The largest absolute Gasteiger partial charge is 0.496 e. The van der Waals surface area contributed by atoms with Crippen LogP contribution >= 0.6 is 0 Å². The SMILES string of the molecule is COc1ccc2ccccc2c1CNC(=O)CNC(=O)c1cc(C)cc(C)c1. The standard InChI is InChI=1S/C23H24N2O3/c1-15-10-16(2)12-18(11-15)23(27)25-14-22(26)24-13-20-19-7-5-4-6-17(19)8-9-21(20)28-3/h4-12H,13-14H2,1-3H3,(H,24,26)(H,25,27). The lowest BCUT2D eigenvalue weighted by atomic mass is 10.0. The highest BCUT2D eigenvalue weighted by molar-refractivity contribution is 5.97. The van der Waals surface area contributed by atoms with Crippen molar-refractivity contribution in [1.29, 1.82) is 0 Å². The third-order valence-corrected chi connectivity index (χ3v) is 4.57. The number of ether oxygens (including phenoxy) is 1. The third-order valence-electron chi connectivity index (χ3n) is 4.57. The molecule has 28 heavy (non-hydrogen) atoms. The van der Waals surface area contributed by atoms with Gasteiger partial charge in [-0.3, -0.25) is 9.59 Å². The quantitative estimate of drug-likeness (QED) is 0.692. The van der Waals surface area contributed by atoms with Crippen LogP contribution in [0.5, 0.6) is 5.75 Å². The molecule has 0 saturated carbocycles. The van der Waals surface area contributed by atoms with Gasteiger partial charge < -0.3 is 15.4 Å². The van der Waals surface area contributed by atoms with Crippen molar-refractivity contribution in [2.75, 3.05) is 13.7 Å². The Kier molecular flexibility index (Phi) is 5.94. The molecule has 5 nitrogen and oxygen atoms in total. The summed E-state index contributed by atoms with van der Waals surface area (Å²) in [5, 5.41) is 7.64. The highest BCUT2D eigenvalue weighted by Gasteiger charge is 2.12. The van der Waals surface area contributed by atoms with Crippen molar-refractivity contribution in [2.24, 2.45) is 0 Å². The smallest absolute Gasteiger partial charge is 0.251 e. The second-order valence-electron chi connectivity index (χ2n) is 6.80. The zero-order valence-corrected chi connectivity index (χ0v) is 16.3. The summed E-state index contributed by atoms with van der Waals surface area (Å²) in [4.78, 5) is 24.5. The Bertz CT molecular complexity index is 1010. The molecule has 0 aliphatic rings. The Balaban J connectivity index is 1.63. The average Bonchev–Trinajstić information content (AvgIpc) is 2.69. The minimum Gasteiger partial charge on any atom is -0.496 e. The van der Waals surface area contributed by atoms with E-state index in [9.17, 15) is 9.59 Å². The molecule has 2 amide bonds. The normalized spacial score (nSPS) is 10.5. The number of aryl methyl sites for hydroxylation is 2. The maximum absolute atomic E-state index is 12.3. The molecule has 0 radical (unpaired) electrons. The monoisotopic (exact) mass is 376 g/mol. The molecule has 144 valence electrons. The molecule has 3 rings (SSSR count). The molecule has 0 unspecified atom stereocenters. The van der Waals surface area contributed by atoms with Gasteiger partial charge in [-0.2, -0.15) is 0 Å². The van der Waals surface area contributed by atoms with E-state index in [1.54, 1.807) is 19.2 Å². The van der Waals surface area contributed by atoms with Gasteiger partial charge in [0.1, 0.15) is 5.75 Å². The van der Waals surface area contributed by atoms with Gasteiger partial charge in [-0.25, -0.2) is 0 Å². The van der Waals surface area contributed by atoms with Gasteiger partial charge in [-0.05, 0) is 42.8 Å². The van der Waals surface area contributed by atoms with E-state index in [1.807, 2.05) is 56.3 Å². The molecule has 0 aliphatic carbocycles. The molecule has 0 heterocycles. The van der Waals surface area contributed by atoms with E-state index in [1.165, 1.54) is 0 Å². The van der Waals surface area contributed by atoms with Crippen LogP contribution in [0.15, 0.2) is 54.6 Å². The first-order valence-corrected chi connectivity index (χ1v) is 9.15. The number of amides is 2. The topological polar surface area (TPSA) is 67.4 Å². The second kappa shape index (κ2) is 8.57. The van der Waals surface area contributed by atoms with Crippen molar-refractivity contribution < 1.29 is 14.3 Å². The second-order valence-corrected chi connectivity index (χ2v) is 6.80. The number of fused-ring (bicyclic) bond motifs is 1. The number of nitrogens with one attached hydrogen (secondary N) is 2. The summed E-state index contributed by atoms with van der Waals surface area (Å²) in [6.45, 7) is 4.11. The summed E-state index contributed by atoms with van der Waals surface area (Å²) in [7, 11) is 1.61. The van der Waals surface area contributed by atoms with Gasteiger partial charge in [0.05, 0.1) is 13.7 Å². The lowest BCUT2D eigenvalue weighted by Crippen LogP contribution is -2.36. The molecule has 5 heteroatoms. The highest BCUT2D eigenvalue weighted by Crippen LogP contribution is 2.27. The molecule has 0 bridgehead atoms. The van der Waals surface area contributed by atoms with Crippen LogP contribution in [-0.2, 0) is 11.3 Å². The highest BCUT2D eigenvalue weighted by atomic mass is 16.5. The van der Waals surface area contributed by atoms with Gasteiger partial charge in [-0.15, -0.1) is 0 Å². The zero-order chi connectivity index (χ0) is 20.1. The van der Waals surface area contributed by atoms with Crippen molar-refractivity contribution in [1.82, 2.24) is 10.6 Å². The Morgan fingerprint density at radius 2 is 1.64 bits per heavy atom. The fourth-order valence-electron chi connectivity index (χ4n) is 3.31. The maximum atomic E-state index is 12.3. The first-order valence-electron chi connectivity index (χ1n) is 9.15. The minimum absolute atomic E-state index is 0.0844. The Hall–Kier alpha value is -3.34. The lowest BCUT2D eigenvalue weighted by molar-refractivity contribution is -0.120. The number of methoxy groups -OCH3 is 1. The summed E-state index contributed by atoms with van der Waals surface area (Å²) in [6.07, 6.45) is 0. The van der Waals surface area contributed by atoms with Crippen molar-refractivity contribution >= 4 is 22.6 Å². The van der Waals surface area contributed by atoms with Gasteiger partial charge in [0.25, 0.3) is 5.91 Å².